The minimum absolute atomic E-state index is 0.185. The average molecular weight is 391 g/mol. The zero-order valence-electron chi connectivity index (χ0n) is 14.7. The van der Waals surface area contributed by atoms with Crippen LogP contribution in [0.5, 0.6) is 0 Å². The number of aromatic nitrogens is 6. The Morgan fingerprint density at radius 2 is 2.21 bits per heavy atom. The van der Waals surface area contributed by atoms with E-state index >= 15 is 0 Å². The highest BCUT2D eigenvalue weighted by Crippen LogP contribution is 2.22. The van der Waals surface area contributed by atoms with Crippen molar-refractivity contribution in [3.8, 4) is 11.5 Å². The molecule has 10 heteroatoms. The standard InChI is InChI=1S/C18H13N7O2S/c1-10-21-18(27-24-10)12-3-2-6-25-15(22-23-16(12)25)8-19-17(26)11-4-5-13-14(7-11)28-9-20-13/h2-7,9H,8H2,1H3,(H,19,26). The summed E-state index contributed by atoms with van der Waals surface area (Å²) >= 11 is 1.50. The Kier molecular flexibility index (Phi) is 3.83. The number of aryl methyl sites for hydroxylation is 1. The number of carbonyl (C=O) groups is 1. The van der Waals surface area contributed by atoms with E-state index in [2.05, 4.69) is 30.6 Å². The van der Waals surface area contributed by atoms with E-state index in [-0.39, 0.29) is 12.5 Å². The van der Waals surface area contributed by atoms with Crippen LogP contribution in [-0.2, 0) is 6.54 Å². The SMILES string of the molecule is Cc1noc(-c2cccn3c(CNC(=O)c4ccc5ncsc5c4)nnc23)n1. The van der Waals surface area contributed by atoms with Gasteiger partial charge in [-0.1, -0.05) is 5.16 Å². The summed E-state index contributed by atoms with van der Waals surface area (Å²) in [5.74, 6) is 1.34. The van der Waals surface area contributed by atoms with E-state index in [1.165, 1.54) is 11.3 Å². The van der Waals surface area contributed by atoms with Crippen LogP contribution >= 0.6 is 11.3 Å². The number of fused-ring (bicyclic) bond motifs is 2. The molecule has 0 aliphatic rings. The van der Waals surface area contributed by atoms with Gasteiger partial charge in [-0.25, -0.2) is 4.98 Å². The van der Waals surface area contributed by atoms with Crippen LogP contribution < -0.4 is 5.32 Å². The second-order valence-electron chi connectivity index (χ2n) is 6.10. The molecule has 5 aromatic rings. The van der Waals surface area contributed by atoms with Gasteiger partial charge in [0.25, 0.3) is 11.8 Å². The van der Waals surface area contributed by atoms with Gasteiger partial charge in [0.05, 0.1) is 27.8 Å². The summed E-state index contributed by atoms with van der Waals surface area (Å²) in [6.45, 7) is 1.98. The molecule has 0 atom stereocenters. The van der Waals surface area contributed by atoms with Gasteiger partial charge in [0.1, 0.15) is 0 Å². The Hall–Kier alpha value is -3.66. The summed E-state index contributed by atoms with van der Waals surface area (Å²) in [7, 11) is 0. The second kappa shape index (κ2) is 6.50. The molecule has 5 rings (SSSR count). The summed E-state index contributed by atoms with van der Waals surface area (Å²) in [6.07, 6.45) is 1.83. The zero-order valence-corrected chi connectivity index (χ0v) is 15.5. The van der Waals surface area contributed by atoms with Gasteiger partial charge in [-0.05, 0) is 37.3 Å². The van der Waals surface area contributed by atoms with Crippen LogP contribution in [0.2, 0.25) is 0 Å². The smallest absolute Gasteiger partial charge is 0.261 e. The molecule has 0 fully saturated rings. The second-order valence-corrected chi connectivity index (χ2v) is 6.98. The predicted octanol–water partition coefficient (Wildman–Crippen LogP) is 2.63. The molecule has 4 heterocycles. The molecular weight excluding hydrogens is 378 g/mol. The van der Waals surface area contributed by atoms with Crippen molar-refractivity contribution >= 4 is 33.1 Å². The fraction of sp³-hybridized carbons (Fsp3) is 0.111. The number of pyridine rings is 1. The van der Waals surface area contributed by atoms with Crippen molar-refractivity contribution in [1.82, 2.24) is 35.0 Å². The maximum absolute atomic E-state index is 12.5. The number of nitrogens with zero attached hydrogens (tertiary/aromatic N) is 6. The maximum Gasteiger partial charge on any atom is 0.261 e. The van der Waals surface area contributed by atoms with Crippen molar-refractivity contribution in [1.29, 1.82) is 0 Å². The minimum Gasteiger partial charge on any atom is -0.345 e. The van der Waals surface area contributed by atoms with E-state index in [0.717, 1.165) is 10.2 Å². The lowest BCUT2D eigenvalue weighted by Crippen LogP contribution is -2.23. The van der Waals surface area contributed by atoms with Crippen LogP contribution in [0.25, 0.3) is 27.3 Å². The lowest BCUT2D eigenvalue weighted by molar-refractivity contribution is 0.0950. The third-order valence-corrected chi connectivity index (χ3v) is 5.06. The van der Waals surface area contributed by atoms with Gasteiger partial charge in [-0.2, -0.15) is 4.98 Å². The largest absolute Gasteiger partial charge is 0.345 e. The lowest BCUT2D eigenvalue weighted by atomic mass is 10.2. The summed E-state index contributed by atoms with van der Waals surface area (Å²) in [4.78, 5) is 21.0. The van der Waals surface area contributed by atoms with Gasteiger partial charge in [0, 0.05) is 11.8 Å². The van der Waals surface area contributed by atoms with Gasteiger partial charge in [-0.15, -0.1) is 21.5 Å². The number of thiazole rings is 1. The summed E-state index contributed by atoms with van der Waals surface area (Å²) in [6, 6.07) is 9.11. The Labute approximate surface area is 162 Å². The van der Waals surface area contributed by atoms with Gasteiger partial charge in [-0.3, -0.25) is 9.20 Å². The average Bonchev–Trinajstić information content (AvgIpc) is 3.44. The molecule has 1 aromatic carbocycles. The first kappa shape index (κ1) is 16.5. The molecule has 138 valence electrons. The Bertz CT molecular complexity index is 1320. The van der Waals surface area contributed by atoms with E-state index in [1.54, 1.807) is 22.9 Å². The van der Waals surface area contributed by atoms with Gasteiger partial charge >= 0.3 is 0 Å². The molecule has 0 saturated carbocycles. The topological polar surface area (TPSA) is 111 Å². The third kappa shape index (κ3) is 2.79. The van der Waals surface area contributed by atoms with Crippen molar-refractivity contribution < 1.29 is 9.32 Å². The van der Waals surface area contributed by atoms with Crippen LogP contribution in [0.15, 0.2) is 46.6 Å². The monoisotopic (exact) mass is 391 g/mol. The first-order chi connectivity index (χ1) is 13.7. The first-order valence-electron chi connectivity index (χ1n) is 8.44. The molecule has 0 bridgehead atoms. The normalized spacial score (nSPS) is 11.3. The molecule has 0 saturated heterocycles. The van der Waals surface area contributed by atoms with Crippen LogP contribution in [0.3, 0.4) is 0 Å². The lowest BCUT2D eigenvalue weighted by Gasteiger charge is -2.05. The van der Waals surface area contributed by atoms with E-state index < -0.39 is 0 Å². The van der Waals surface area contributed by atoms with E-state index in [1.807, 2.05) is 30.5 Å². The van der Waals surface area contributed by atoms with Crippen molar-refractivity contribution in [2.45, 2.75) is 13.5 Å². The van der Waals surface area contributed by atoms with Crippen molar-refractivity contribution in [2.24, 2.45) is 0 Å². The van der Waals surface area contributed by atoms with Gasteiger partial charge < -0.3 is 9.84 Å². The first-order valence-corrected chi connectivity index (χ1v) is 9.32. The van der Waals surface area contributed by atoms with Crippen LogP contribution in [0.1, 0.15) is 22.0 Å². The van der Waals surface area contributed by atoms with Crippen molar-refractivity contribution in [2.75, 3.05) is 0 Å². The van der Waals surface area contributed by atoms with Crippen LogP contribution in [0, 0.1) is 6.92 Å². The molecule has 0 spiro atoms. The van der Waals surface area contributed by atoms with Gasteiger partial charge in [0.15, 0.2) is 17.3 Å². The van der Waals surface area contributed by atoms with E-state index in [9.17, 15) is 4.79 Å². The molecule has 0 aliphatic carbocycles. The predicted molar refractivity (Wildman–Crippen MR) is 102 cm³/mol. The molecule has 0 unspecified atom stereocenters. The number of hydrogen-bond donors (Lipinski definition) is 1. The van der Waals surface area contributed by atoms with Crippen LogP contribution in [0.4, 0.5) is 0 Å². The fourth-order valence-corrected chi connectivity index (χ4v) is 3.63. The quantitative estimate of drug-likeness (QED) is 0.501. The number of amides is 1. The summed E-state index contributed by atoms with van der Waals surface area (Å²) in [5, 5.41) is 15.1. The van der Waals surface area contributed by atoms with Crippen molar-refractivity contribution in [3.05, 3.63) is 59.3 Å². The number of benzene rings is 1. The molecule has 4 aromatic heterocycles. The molecule has 0 radical (unpaired) electrons. The van der Waals surface area contributed by atoms with Crippen molar-refractivity contribution in [3.63, 3.8) is 0 Å². The highest BCUT2D eigenvalue weighted by molar-refractivity contribution is 7.16. The maximum atomic E-state index is 12.5. The molecular formula is C18H13N7O2S. The number of carbonyl (C=O) groups excluding carboxylic acids is 1. The Morgan fingerprint density at radius 3 is 3.07 bits per heavy atom. The molecule has 1 N–H and O–H groups in total. The molecule has 28 heavy (non-hydrogen) atoms. The van der Waals surface area contributed by atoms with Crippen LogP contribution in [-0.4, -0.2) is 35.6 Å². The van der Waals surface area contributed by atoms with E-state index in [0.29, 0.717) is 34.3 Å². The summed E-state index contributed by atoms with van der Waals surface area (Å²) < 4.78 is 8.00. The minimum atomic E-state index is -0.185. The number of hydrogen-bond acceptors (Lipinski definition) is 8. The fourth-order valence-electron chi connectivity index (χ4n) is 2.92. The summed E-state index contributed by atoms with van der Waals surface area (Å²) in [5.41, 5.74) is 4.49. The zero-order chi connectivity index (χ0) is 19.1. The third-order valence-electron chi connectivity index (χ3n) is 4.26. The number of nitrogens with one attached hydrogen (secondary N) is 1. The van der Waals surface area contributed by atoms with Gasteiger partial charge in [0.2, 0.25) is 0 Å². The molecule has 0 aliphatic heterocycles. The Morgan fingerprint density at radius 1 is 1.29 bits per heavy atom. The highest BCUT2D eigenvalue weighted by atomic mass is 32.1. The molecule has 9 nitrogen and oxygen atoms in total. The van der Waals surface area contributed by atoms with E-state index in [4.69, 9.17) is 4.52 Å². The molecule has 1 amide bonds. The number of rotatable bonds is 4. The highest BCUT2D eigenvalue weighted by Gasteiger charge is 2.16. The Balaban J connectivity index is 1.40.